The lowest BCUT2D eigenvalue weighted by Gasteiger charge is -2.23. The number of benzene rings is 1. The molecule has 2 heterocycles. The molecule has 1 atom stereocenters. The number of nitrogens with one attached hydrogen (secondary N) is 2. The van der Waals surface area contributed by atoms with Crippen molar-refractivity contribution in [2.75, 3.05) is 11.9 Å². The minimum atomic E-state index is -0.0554. The summed E-state index contributed by atoms with van der Waals surface area (Å²) in [7, 11) is 0. The highest BCUT2D eigenvalue weighted by molar-refractivity contribution is 7.13. The Kier molecular flexibility index (Phi) is 4.14. The van der Waals surface area contributed by atoms with E-state index in [1.54, 1.807) is 11.3 Å². The first-order chi connectivity index (χ1) is 9.84. The predicted octanol–water partition coefficient (Wildman–Crippen LogP) is 3.50. The van der Waals surface area contributed by atoms with Gasteiger partial charge in [0.25, 0.3) is 0 Å². The van der Waals surface area contributed by atoms with Crippen LogP contribution >= 0.6 is 11.3 Å². The molecular weight excluding hydrogens is 268 g/mol. The van der Waals surface area contributed by atoms with Crippen LogP contribution < -0.4 is 10.6 Å². The molecule has 0 radical (unpaired) electrons. The summed E-state index contributed by atoms with van der Waals surface area (Å²) in [5.41, 5.74) is 1.99. The summed E-state index contributed by atoms with van der Waals surface area (Å²) in [5, 5.41) is 8.41. The minimum absolute atomic E-state index is 0.0554. The van der Waals surface area contributed by atoms with Crippen molar-refractivity contribution in [1.82, 2.24) is 5.32 Å². The molecule has 1 unspecified atom stereocenters. The molecule has 1 aromatic heterocycles. The van der Waals surface area contributed by atoms with E-state index >= 15 is 0 Å². The van der Waals surface area contributed by atoms with E-state index in [4.69, 9.17) is 0 Å². The van der Waals surface area contributed by atoms with Gasteiger partial charge in [-0.25, -0.2) is 0 Å². The predicted molar refractivity (Wildman–Crippen MR) is 84.0 cm³/mol. The maximum atomic E-state index is 12.3. The largest absolute Gasteiger partial charge is 0.324 e. The number of anilines is 1. The van der Waals surface area contributed by atoms with Gasteiger partial charge in [0.15, 0.2) is 0 Å². The molecule has 1 fully saturated rings. The monoisotopic (exact) mass is 286 g/mol. The lowest BCUT2D eigenvalue weighted by atomic mass is 10.0. The number of carbonyl (C=O) groups is 1. The highest BCUT2D eigenvalue weighted by Gasteiger charge is 2.21. The molecule has 0 aliphatic carbocycles. The standard InChI is InChI=1S/C16H18N2OS/c19-16(14-8-3-4-10-17-14)18-13-7-2-1-6-12(13)15-9-5-11-20-15/h1-2,5-7,9,11,14,17H,3-4,8,10H2,(H,18,19). The third kappa shape index (κ3) is 2.92. The zero-order chi connectivity index (χ0) is 13.8. The Bertz CT molecular complexity index is 574. The van der Waals surface area contributed by atoms with Crippen LogP contribution in [0.5, 0.6) is 0 Å². The van der Waals surface area contributed by atoms with Gasteiger partial charge < -0.3 is 10.6 Å². The van der Waals surface area contributed by atoms with Crippen LogP contribution in [0.15, 0.2) is 41.8 Å². The molecule has 2 aromatic rings. The Morgan fingerprint density at radius 1 is 1.20 bits per heavy atom. The Morgan fingerprint density at radius 2 is 2.10 bits per heavy atom. The molecule has 0 spiro atoms. The fraction of sp³-hybridized carbons (Fsp3) is 0.312. The zero-order valence-corrected chi connectivity index (χ0v) is 12.1. The van der Waals surface area contributed by atoms with Crippen LogP contribution in [0.2, 0.25) is 0 Å². The Morgan fingerprint density at radius 3 is 2.85 bits per heavy atom. The molecule has 20 heavy (non-hydrogen) atoms. The Balaban J connectivity index is 1.79. The third-order valence-corrected chi connectivity index (χ3v) is 4.50. The van der Waals surface area contributed by atoms with E-state index in [2.05, 4.69) is 28.1 Å². The van der Waals surface area contributed by atoms with E-state index in [1.807, 2.05) is 24.3 Å². The van der Waals surface area contributed by atoms with Crippen molar-refractivity contribution in [3.63, 3.8) is 0 Å². The van der Waals surface area contributed by atoms with Gasteiger partial charge in [0.2, 0.25) is 5.91 Å². The summed E-state index contributed by atoms with van der Waals surface area (Å²) < 4.78 is 0. The van der Waals surface area contributed by atoms with Crippen molar-refractivity contribution in [1.29, 1.82) is 0 Å². The SMILES string of the molecule is O=C(Nc1ccccc1-c1cccs1)C1CCCCN1. The molecule has 1 aromatic carbocycles. The van der Waals surface area contributed by atoms with Gasteiger partial charge in [-0.2, -0.15) is 0 Å². The van der Waals surface area contributed by atoms with Crippen molar-refractivity contribution in [3.8, 4) is 10.4 Å². The highest BCUT2D eigenvalue weighted by Crippen LogP contribution is 2.31. The van der Waals surface area contributed by atoms with Gasteiger partial charge >= 0.3 is 0 Å². The van der Waals surface area contributed by atoms with E-state index in [9.17, 15) is 4.79 Å². The summed E-state index contributed by atoms with van der Waals surface area (Å²) in [6, 6.07) is 12.0. The normalized spacial score (nSPS) is 18.7. The molecule has 2 N–H and O–H groups in total. The van der Waals surface area contributed by atoms with Crippen molar-refractivity contribution in [2.24, 2.45) is 0 Å². The topological polar surface area (TPSA) is 41.1 Å². The van der Waals surface area contributed by atoms with E-state index in [-0.39, 0.29) is 11.9 Å². The lowest BCUT2D eigenvalue weighted by Crippen LogP contribution is -2.43. The average molecular weight is 286 g/mol. The number of piperidine rings is 1. The Labute approximate surface area is 123 Å². The number of carbonyl (C=O) groups excluding carboxylic acids is 1. The lowest BCUT2D eigenvalue weighted by molar-refractivity contribution is -0.118. The van der Waals surface area contributed by atoms with E-state index in [0.717, 1.165) is 37.1 Å². The van der Waals surface area contributed by atoms with Crippen molar-refractivity contribution in [2.45, 2.75) is 25.3 Å². The first-order valence-corrected chi connectivity index (χ1v) is 7.90. The Hall–Kier alpha value is -1.65. The summed E-state index contributed by atoms with van der Waals surface area (Å²) >= 11 is 1.69. The molecule has 3 nitrogen and oxygen atoms in total. The van der Waals surface area contributed by atoms with Gasteiger partial charge in [0, 0.05) is 16.1 Å². The van der Waals surface area contributed by atoms with Crippen molar-refractivity contribution in [3.05, 3.63) is 41.8 Å². The maximum absolute atomic E-state index is 12.3. The van der Waals surface area contributed by atoms with Crippen molar-refractivity contribution < 1.29 is 4.79 Å². The molecule has 1 saturated heterocycles. The number of hydrogen-bond donors (Lipinski definition) is 2. The van der Waals surface area contributed by atoms with Gasteiger partial charge in [-0.05, 0) is 36.9 Å². The summed E-state index contributed by atoms with van der Waals surface area (Å²) in [6.07, 6.45) is 3.21. The van der Waals surface area contributed by atoms with Gasteiger partial charge in [-0.15, -0.1) is 11.3 Å². The molecule has 1 aliphatic heterocycles. The summed E-state index contributed by atoms with van der Waals surface area (Å²) in [6.45, 7) is 0.935. The molecule has 1 aliphatic rings. The minimum Gasteiger partial charge on any atom is -0.324 e. The van der Waals surface area contributed by atoms with Crippen LogP contribution in [-0.4, -0.2) is 18.5 Å². The number of para-hydroxylation sites is 1. The molecule has 1 amide bonds. The fourth-order valence-corrected chi connectivity index (χ4v) is 3.30. The van der Waals surface area contributed by atoms with Crippen LogP contribution in [-0.2, 0) is 4.79 Å². The molecule has 104 valence electrons. The van der Waals surface area contributed by atoms with Crippen LogP contribution in [0, 0.1) is 0 Å². The second kappa shape index (κ2) is 6.20. The van der Waals surface area contributed by atoms with Crippen LogP contribution in [0.1, 0.15) is 19.3 Å². The zero-order valence-electron chi connectivity index (χ0n) is 11.3. The first-order valence-electron chi connectivity index (χ1n) is 7.02. The molecule has 0 saturated carbocycles. The third-order valence-electron chi connectivity index (χ3n) is 3.60. The average Bonchev–Trinajstić information content (AvgIpc) is 3.03. The van der Waals surface area contributed by atoms with Crippen LogP contribution in [0.3, 0.4) is 0 Å². The number of hydrogen-bond acceptors (Lipinski definition) is 3. The van der Waals surface area contributed by atoms with E-state index in [1.165, 1.54) is 4.88 Å². The van der Waals surface area contributed by atoms with E-state index < -0.39 is 0 Å². The van der Waals surface area contributed by atoms with Gasteiger partial charge in [-0.3, -0.25) is 4.79 Å². The highest BCUT2D eigenvalue weighted by atomic mass is 32.1. The maximum Gasteiger partial charge on any atom is 0.241 e. The molecule has 4 heteroatoms. The molecule has 3 rings (SSSR count). The fourth-order valence-electron chi connectivity index (χ4n) is 2.53. The number of rotatable bonds is 3. The number of thiophene rings is 1. The van der Waals surface area contributed by atoms with Gasteiger partial charge in [-0.1, -0.05) is 30.7 Å². The first kappa shape index (κ1) is 13.3. The number of amides is 1. The molecule has 0 bridgehead atoms. The van der Waals surface area contributed by atoms with Crippen molar-refractivity contribution >= 4 is 22.9 Å². The summed E-state index contributed by atoms with van der Waals surface area (Å²) in [4.78, 5) is 13.5. The van der Waals surface area contributed by atoms with E-state index in [0.29, 0.717) is 0 Å². The second-order valence-electron chi connectivity index (χ2n) is 5.01. The quantitative estimate of drug-likeness (QED) is 0.906. The van der Waals surface area contributed by atoms with Gasteiger partial charge in [0.05, 0.1) is 6.04 Å². The summed E-state index contributed by atoms with van der Waals surface area (Å²) in [5.74, 6) is 0.0775. The smallest absolute Gasteiger partial charge is 0.241 e. The van der Waals surface area contributed by atoms with Gasteiger partial charge in [0.1, 0.15) is 0 Å². The van der Waals surface area contributed by atoms with Crippen LogP contribution in [0.25, 0.3) is 10.4 Å². The second-order valence-corrected chi connectivity index (χ2v) is 5.96. The molecular formula is C16H18N2OS. The van der Waals surface area contributed by atoms with Crippen LogP contribution in [0.4, 0.5) is 5.69 Å².